The number of fused-ring (bicyclic) bond motifs is 1. The van der Waals surface area contributed by atoms with Gasteiger partial charge in [0.25, 0.3) is 0 Å². The van der Waals surface area contributed by atoms with Gasteiger partial charge in [0, 0.05) is 6.07 Å². The number of ether oxygens (including phenoxy) is 1. The molecular weight excluding hydrogens is 206 g/mol. The van der Waals surface area contributed by atoms with Crippen LogP contribution in [0.5, 0.6) is 5.75 Å². The fourth-order valence-corrected chi connectivity index (χ4v) is 2.84. The quantitative estimate of drug-likeness (QED) is 0.518. The van der Waals surface area contributed by atoms with Gasteiger partial charge in [0.15, 0.2) is 11.6 Å². The molecule has 1 aliphatic rings. The zero-order valence-corrected chi connectivity index (χ0v) is 8.24. The summed E-state index contributed by atoms with van der Waals surface area (Å²) in [6.45, 7) is 0. The van der Waals surface area contributed by atoms with Crippen molar-refractivity contribution in [3.05, 3.63) is 28.6 Å². The first kappa shape index (κ1) is 9.60. The molecule has 0 aliphatic carbocycles. The van der Waals surface area contributed by atoms with Crippen LogP contribution < -0.4 is 9.55 Å². The highest BCUT2D eigenvalue weighted by molar-refractivity contribution is 7.85. The molecule has 0 aromatic heterocycles. The highest BCUT2D eigenvalue weighted by atomic mass is 32.2. The first-order chi connectivity index (χ1) is 6.56. The molecule has 1 unspecified atom stereocenters. The van der Waals surface area contributed by atoms with Crippen LogP contribution >= 0.6 is 0 Å². The monoisotopic (exact) mass is 214 g/mol. The Morgan fingerprint density at radius 2 is 2.21 bits per heavy atom. The van der Waals surface area contributed by atoms with E-state index in [4.69, 9.17) is 4.74 Å². The van der Waals surface area contributed by atoms with Gasteiger partial charge in [-0.1, -0.05) is 6.07 Å². The second kappa shape index (κ2) is 3.03. The average Bonchev–Trinajstić information content (AvgIpc) is 2.38. The Labute approximate surface area is 83.1 Å². The van der Waals surface area contributed by atoms with Gasteiger partial charge >= 0.3 is 0 Å². The van der Waals surface area contributed by atoms with E-state index in [1.54, 1.807) is 12.1 Å². The van der Waals surface area contributed by atoms with Crippen LogP contribution in [0.2, 0.25) is 0 Å². The minimum absolute atomic E-state index is 0.0114. The van der Waals surface area contributed by atoms with Crippen molar-refractivity contribution in [1.29, 1.82) is 0 Å². The minimum atomic E-state index is -1.83. The second-order valence-corrected chi connectivity index (χ2v) is 4.31. The first-order valence-corrected chi connectivity index (χ1v) is 5.24. The van der Waals surface area contributed by atoms with Crippen LogP contribution in [0.15, 0.2) is 23.1 Å². The van der Waals surface area contributed by atoms with Crippen LogP contribution in [-0.4, -0.2) is 17.2 Å². The van der Waals surface area contributed by atoms with Gasteiger partial charge in [0.05, 0.1) is 7.11 Å². The lowest BCUT2D eigenvalue weighted by molar-refractivity contribution is 0.403. The van der Waals surface area contributed by atoms with Crippen LogP contribution in [0.1, 0.15) is 0 Å². The van der Waals surface area contributed by atoms with E-state index in [2.05, 4.69) is 0 Å². The number of benzene rings is 1. The Morgan fingerprint density at radius 3 is 2.86 bits per heavy atom. The standard InChI is InChI=1S/C8H8NO4S/c1-13-7-4-2-3-6-8(7)14(12)5-9(6,10)11/h2-4H,5H2,1H3/q-1. The normalized spacial score (nSPS) is 23.2. The first-order valence-electron chi connectivity index (χ1n) is 3.92. The maximum absolute atomic E-state index is 11.5. The number of rotatable bonds is 1. The van der Waals surface area contributed by atoms with E-state index in [1.807, 2.05) is 0 Å². The summed E-state index contributed by atoms with van der Waals surface area (Å²) < 4.78 is 16.4. The zero-order chi connectivity index (χ0) is 10.3. The van der Waals surface area contributed by atoms with Crippen molar-refractivity contribution in [2.75, 3.05) is 13.0 Å². The van der Waals surface area contributed by atoms with E-state index in [1.165, 1.54) is 13.2 Å². The molecule has 6 heteroatoms. The second-order valence-electron chi connectivity index (χ2n) is 2.96. The van der Waals surface area contributed by atoms with Crippen molar-refractivity contribution >= 4 is 16.5 Å². The molecule has 0 radical (unpaired) electrons. The fraction of sp³-hybridized carbons (Fsp3) is 0.250. The third kappa shape index (κ3) is 1.24. The number of methoxy groups -OCH3 is 1. The molecule has 1 aromatic carbocycles. The molecule has 1 aliphatic heterocycles. The summed E-state index contributed by atoms with van der Waals surface area (Å²) >= 11 is 0. The SMILES string of the molecule is COc1cccc2c1S(=O)C[N+]2([O-])[O-]. The molecule has 76 valence electrons. The van der Waals surface area contributed by atoms with Crippen LogP contribution in [0, 0.1) is 10.4 Å². The Kier molecular flexibility index (Phi) is 2.07. The smallest absolute Gasteiger partial charge is 0.164 e. The van der Waals surface area contributed by atoms with Crippen molar-refractivity contribution in [1.82, 2.24) is 4.81 Å². The number of hydrogen-bond acceptors (Lipinski definition) is 4. The highest BCUT2D eigenvalue weighted by Crippen LogP contribution is 2.41. The predicted octanol–water partition coefficient (Wildman–Crippen LogP) is 1.08. The van der Waals surface area contributed by atoms with Crippen LogP contribution in [0.25, 0.3) is 0 Å². The molecule has 1 aromatic rings. The Balaban J connectivity index is 2.67. The van der Waals surface area contributed by atoms with Gasteiger partial charge < -0.3 is 20.0 Å². The lowest BCUT2D eigenvalue weighted by Crippen LogP contribution is -2.33. The van der Waals surface area contributed by atoms with Crippen LogP contribution in [0.3, 0.4) is 0 Å². The van der Waals surface area contributed by atoms with Crippen molar-refractivity contribution in [2.24, 2.45) is 0 Å². The summed E-state index contributed by atoms with van der Waals surface area (Å²) in [7, 11) is -0.144. The lowest BCUT2D eigenvalue weighted by atomic mass is 10.3. The zero-order valence-electron chi connectivity index (χ0n) is 7.43. The number of quaternary nitrogens is 1. The lowest BCUT2D eigenvalue weighted by Gasteiger charge is -2.41. The Morgan fingerprint density at radius 1 is 1.50 bits per heavy atom. The summed E-state index contributed by atoms with van der Waals surface area (Å²) in [6.07, 6.45) is 0. The van der Waals surface area contributed by atoms with Crippen molar-refractivity contribution in [2.45, 2.75) is 4.90 Å². The van der Waals surface area contributed by atoms with Crippen LogP contribution in [0.4, 0.5) is 5.69 Å². The predicted molar refractivity (Wildman–Crippen MR) is 52.8 cm³/mol. The third-order valence-electron chi connectivity index (χ3n) is 2.06. The van der Waals surface area contributed by atoms with Gasteiger partial charge in [-0.15, -0.1) is 0 Å². The summed E-state index contributed by atoms with van der Waals surface area (Å²) in [4.78, 5) is -1.60. The number of nitrogens with zero attached hydrogens (tertiary/aromatic N) is 1. The van der Waals surface area contributed by atoms with Crippen molar-refractivity contribution in [3.8, 4) is 5.75 Å². The Bertz CT molecular complexity index is 404. The van der Waals surface area contributed by atoms with Crippen molar-refractivity contribution < 1.29 is 8.95 Å². The van der Waals surface area contributed by atoms with E-state index in [9.17, 15) is 14.6 Å². The van der Waals surface area contributed by atoms with Gasteiger partial charge in [0.2, 0.25) is 0 Å². The largest absolute Gasteiger partial charge is 0.625 e. The van der Waals surface area contributed by atoms with E-state index in [-0.39, 0.29) is 10.6 Å². The number of hydroxylamine groups is 2. The van der Waals surface area contributed by atoms with Gasteiger partial charge in [-0.25, -0.2) is 4.21 Å². The summed E-state index contributed by atoms with van der Waals surface area (Å²) in [6, 6.07) is 4.52. The van der Waals surface area contributed by atoms with Gasteiger partial charge in [0.1, 0.15) is 21.4 Å². The molecule has 1 atom stereocenters. The molecule has 0 saturated heterocycles. The average molecular weight is 214 g/mol. The molecule has 0 N–H and O–H groups in total. The van der Waals surface area contributed by atoms with E-state index in [0.717, 1.165) is 0 Å². The topological polar surface area (TPSA) is 72.4 Å². The summed E-state index contributed by atoms with van der Waals surface area (Å²) in [5.74, 6) is -0.136. The molecule has 0 bridgehead atoms. The maximum Gasteiger partial charge on any atom is 0.164 e. The van der Waals surface area contributed by atoms with Gasteiger partial charge in [-0.05, 0) is 6.07 Å². The van der Waals surface area contributed by atoms with Gasteiger partial charge in [-0.2, -0.15) is 0 Å². The van der Waals surface area contributed by atoms with E-state index >= 15 is 0 Å². The summed E-state index contributed by atoms with van der Waals surface area (Å²) in [5, 5.41) is 22.7. The molecule has 5 nitrogen and oxygen atoms in total. The van der Waals surface area contributed by atoms with E-state index < -0.39 is 21.5 Å². The molecule has 0 amide bonds. The van der Waals surface area contributed by atoms with E-state index in [0.29, 0.717) is 5.75 Å². The fourth-order valence-electron chi connectivity index (χ4n) is 1.45. The Hall–Kier alpha value is -0.950. The molecule has 0 fully saturated rings. The van der Waals surface area contributed by atoms with Gasteiger partial charge in [-0.3, -0.25) is 0 Å². The molecule has 0 saturated carbocycles. The minimum Gasteiger partial charge on any atom is -0.625 e. The molecule has 14 heavy (non-hydrogen) atoms. The maximum atomic E-state index is 11.5. The third-order valence-corrected chi connectivity index (χ3v) is 3.50. The number of hydrogen-bond donors (Lipinski definition) is 0. The van der Waals surface area contributed by atoms with Crippen molar-refractivity contribution in [3.63, 3.8) is 0 Å². The molecule has 2 rings (SSSR count). The summed E-state index contributed by atoms with van der Waals surface area (Å²) in [5.41, 5.74) is -0.0114. The molecule has 1 heterocycles. The molecule has 0 spiro atoms. The highest BCUT2D eigenvalue weighted by Gasteiger charge is 2.33. The molecular formula is C8H8NO4S-. The van der Waals surface area contributed by atoms with Crippen LogP contribution in [-0.2, 0) is 10.8 Å².